The first-order valence-corrected chi connectivity index (χ1v) is 9.41. The van der Waals surface area contributed by atoms with Crippen LogP contribution in [0.25, 0.3) is 21.3 Å². The third-order valence-corrected chi connectivity index (χ3v) is 6.10. The SMILES string of the molecule is COC(=O)Cc1c(C)nc2sc3c(c2c1-c1cccnc1)CCCC3. The van der Waals surface area contributed by atoms with Crippen LogP contribution in [0.3, 0.4) is 0 Å². The van der Waals surface area contributed by atoms with E-state index in [1.54, 1.807) is 6.20 Å². The van der Waals surface area contributed by atoms with Gasteiger partial charge < -0.3 is 4.74 Å². The van der Waals surface area contributed by atoms with Crippen molar-refractivity contribution in [2.24, 2.45) is 0 Å². The third kappa shape index (κ3) is 2.82. The molecule has 0 atom stereocenters. The fraction of sp³-hybridized carbons (Fsp3) is 0.350. The summed E-state index contributed by atoms with van der Waals surface area (Å²) in [7, 11) is 1.43. The molecule has 3 aromatic heterocycles. The third-order valence-electron chi connectivity index (χ3n) is 4.91. The number of fused-ring (bicyclic) bond motifs is 3. The molecule has 3 aromatic rings. The van der Waals surface area contributed by atoms with Gasteiger partial charge in [-0.1, -0.05) is 6.07 Å². The maximum absolute atomic E-state index is 12.0. The summed E-state index contributed by atoms with van der Waals surface area (Å²) < 4.78 is 4.93. The summed E-state index contributed by atoms with van der Waals surface area (Å²) in [4.78, 5) is 23.7. The molecular formula is C20H20N2O2S. The van der Waals surface area contributed by atoms with Gasteiger partial charge in [0.25, 0.3) is 0 Å². The van der Waals surface area contributed by atoms with Gasteiger partial charge in [0.15, 0.2) is 0 Å². The van der Waals surface area contributed by atoms with Gasteiger partial charge in [0.05, 0.1) is 13.5 Å². The van der Waals surface area contributed by atoms with Crippen molar-refractivity contribution in [3.8, 4) is 11.1 Å². The van der Waals surface area contributed by atoms with Crippen LogP contribution in [0, 0.1) is 6.92 Å². The van der Waals surface area contributed by atoms with Gasteiger partial charge in [-0.2, -0.15) is 0 Å². The molecule has 3 heterocycles. The molecule has 1 aliphatic carbocycles. The van der Waals surface area contributed by atoms with Crippen LogP contribution in [0.1, 0.15) is 34.5 Å². The minimum absolute atomic E-state index is 0.236. The summed E-state index contributed by atoms with van der Waals surface area (Å²) in [6, 6.07) is 4.01. The van der Waals surface area contributed by atoms with Crippen LogP contribution in [0.2, 0.25) is 0 Å². The first-order valence-electron chi connectivity index (χ1n) is 8.60. The Morgan fingerprint density at radius 3 is 2.92 bits per heavy atom. The van der Waals surface area contributed by atoms with Crippen molar-refractivity contribution in [2.75, 3.05) is 7.11 Å². The average Bonchev–Trinajstić information content (AvgIpc) is 3.00. The van der Waals surface area contributed by atoms with Gasteiger partial charge >= 0.3 is 5.97 Å². The minimum atomic E-state index is -0.238. The zero-order valence-electron chi connectivity index (χ0n) is 14.5. The van der Waals surface area contributed by atoms with E-state index in [4.69, 9.17) is 9.72 Å². The topological polar surface area (TPSA) is 52.1 Å². The van der Waals surface area contributed by atoms with Gasteiger partial charge in [0.1, 0.15) is 4.83 Å². The molecule has 128 valence electrons. The number of thiophene rings is 1. The van der Waals surface area contributed by atoms with E-state index in [0.717, 1.165) is 40.1 Å². The number of hydrogen-bond acceptors (Lipinski definition) is 5. The lowest BCUT2D eigenvalue weighted by atomic mass is 9.89. The van der Waals surface area contributed by atoms with Crippen LogP contribution in [-0.4, -0.2) is 23.0 Å². The van der Waals surface area contributed by atoms with E-state index in [1.165, 1.54) is 35.8 Å². The Morgan fingerprint density at radius 1 is 1.32 bits per heavy atom. The van der Waals surface area contributed by atoms with Crippen LogP contribution in [0.4, 0.5) is 0 Å². The van der Waals surface area contributed by atoms with Crippen LogP contribution in [0.5, 0.6) is 0 Å². The number of aromatic nitrogens is 2. The lowest BCUT2D eigenvalue weighted by Gasteiger charge is -2.16. The summed E-state index contributed by atoms with van der Waals surface area (Å²) in [5.74, 6) is -0.238. The number of nitrogens with zero attached hydrogens (tertiary/aromatic N) is 2. The predicted octanol–water partition coefficient (Wildman–Crippen LogP) is 4.26. The summed E-state index contributed by atoms with van der Waals surface area (Å²) in [5, 5.41) is 1.22. The van der Waals surface area contributed by atoms with Crippen molar-refractivity contribution < 1.29 is 9.53 Å². The van der Waals surface area contributed by atoms with E-state index in [-0.39, 0.29) is 12.4 Å². The van der Waals surface area contributed by atoms with Gasteiger partial charge in [-0.3, -0.25) is 9.78 Å². The largest absolute Gasteiger partial charge is 0.469 e. The maximum Gasteiger partial charge on any atom is 0.310 e. The second-order valence-corrected chi connectivity index (χ2v) is 7.52. The number of methoxy groups -OCH3 is 1. The van der Waals surface area contributed by atoms with Crippen molar-refractivity contribution in [2.45, 2.75) is 39.0 Å². The highest BCUT2D eigenvalue weighted by atomic mass is 32.1. The van der Waals surface area contributed by atoms with Gasteiger partial charge in [0.2, 0.25) is 0 Å². The van der Waals surface area contributed by atoms with Crippen molar-refractivity contribution in [3.05, 3.63) is 46.2 Å². The standard InChI is InChI=1S/C20H20N2O2S/c1-12-15(10-17(23)24-2)18(13-6-5-9-21-11-13)19-14-7-3-4-8-16(14)25-20(19)22-12/h5-6,9,11H,3-4,7-8,10H2,1-2H3. The van der Waals surface area contributed by atoms with E-state index in [2.05, 4.69) is 11.1 Å². The molecule has 4 nitrogen and oxygen atoms in total. The number of ether oxygens (including phenoxy) is 1. The number of esters is 1. The Morgan fingerprint density at radius 2 is 2.16 bits per heavy atom. The lowest BCUT2D eigenvalue weighted by Crippen LogP contribution is -2.09. The van der Waals surface area contributed by atoms with E-state index < -0.39 is 0 Å². The molecule has 0 spiro atoms. The number of hydrogen-bond donors (Lipinski definition) is 0. The number of carbonyl (C=O) groups excluding carboxylic acids is 1. The molecule has 0 saturated carbocycles. The highest BCUT2D eigenvalue weighted by Gasteiger charge is 2.24. The van der Waals surface area contributed by atoms with Crippen molar-refractivity contribution in [3.63, 3.8) is 0 Å². The molecule has 0 unspecified atom stereocenters. The molecule has 0 radical (unpaired) electrons. The zero-order chi connectivity index (χ0) is 17.4. The Labute approximate surface area is 150 Å². The second kappa shape index (κ2) is 6.56. The molecule has 0 bridgehead atoms. The first-order chi connectivity index (χ1) is 12.2. The summed E-state index contributed by atoms with van der Waals surface area (Å²) in [6.45, 7) is 1.98. The quantitative estimate of drug-likeness (QED) is 0.661. The van der Waals surface area contributed by atoms with Crippen LogP contribution in [-0.2, 0) is 28.8 Å². The molecule has 4 rings (SSSR count). The van der Waals surface area contributed by atoms with E-state index in [0.29, 0.717) is 0 Å². The number of pyridine rings is 2. The van der Waals surface area contributed by atoms with Crippen LogP contribution < -0.4 is 0 Å². The lowest BCUT2D eigenvalue weighted by molar-refractivity contribution is -0.139. The van der Waals surface area contributed by atoms with E-state index in [1.807, 2.05) is 30.5 Å². The normalized spacial score (nSPS) is 13.7. The number of rotatable bonds is 3. The fourth-order valence-corrected chi connectivity index (χ4v) is 5.02. The Hall–Kier alpha value is -2.27. The first kappa shape index (κ1) is 16.2. The van der Waals surface area contributed by atoms with Crippen molar-refractivity contribution in [1.29, 1.82) is 0 Å². The van der Waals surface area contributed by atoms with Crippen molar-refractivity contribution >= 4 is 27.5 Å². The highest BCUT2D eigenvalue weighted by Crippen LogP contribution is 2.42. The number of carbonyl (C=O) groups is 1. The van der Waals surface area contributed by atoms with Crippen molar-refractivity contribution in [1.82, 2.24) is 9.97 Å². The molecule has 0 amide bonds. The molecule has 0 aromatic carbocycles. The maximum atomic E-state index is 12.0. The minimum Gasteiger partial charge on any atom is -0.469 e. The second-order valence-electron chi connectivity index (χ2n) is 6.44. The van der Waals surface area contributed by atoms with Crippen LogP contribution in [0.15, 0.2) is 24.5 Å². The smallest absolute Gasteiger partial charge is 0.310 e. The molecule has 0 N–H and O–H groups in total. The Balaban J connectivity index is 2.05. The average molecular weight is 352 g/mol. The zero-order valence-corrected chi connectivity index (χ0v) is 15.3. The highest BCUT2D eigenvalue weighted by molar-refractivity contribution is 7.19. The Bertz CT molecular complexity index is 947. The van der Waals surface area contributed by atoms with Gasteiger partial charge in [-0.05, 0) is 55.4 Å². The van der Waals surface area contributed by atoms with Crippen LogP contribution >= 0.6 is 11.3 Å². The molecule has 0 saturated heterocycles. The predicted molar refractivity (Wildman–Crippen MR) is 100.0 cm³/mol. The number of aryl methyl sites for hydroxylation is 3. The molecule has 1 aliphatic rings. The van der Waals surface area contributed by atoms with Gasteiger partial charge in [-0.15, -0.1) is 11.3 Å². The summed E-state index contributed by atoms with van der Waals surface area (Å²) in [5.41, 5.74) is 5.43. The van der Waals surface area contributed by atoms with E-state index >= 15 is 0 Å². The molecule has 0 aliphatic heterocycles. The Kier molecular flexibility index (Phi) is 4.25. The molecular weight excluding hydrogens is 332 g/mol. The fourth-order valence-electron chi connectivity index (χ4n) is 3.70. The molecule has 5 heteroatoms. The van der Waals surface area contributed by atoms with Gasteiger partial charge in [-0.25, -0.2) is 4.98 Å². The van der Waals surface area contributed by atoms with E-state index in [9.17, 15) is 4.79 Å². The summed E-state index contributed by atoms with van der Waals surface area (Å²) in [6.07, 6.45) is 8.57. The van der Waals surface area contributed by atoms with Gasteiger partial charge in [0, 0.05) is 33.9 Å². The molecule has 0 fully saturated rings. The monoisotopic (exact) mass is 352 g/mol. The summed E-state index contributed by atoms with van der Waals surface area (Å²) >= 11 is 1.81. The molecule has 25 heavy (non-hydrogen) atoms.